The monoisotopic (exact) mass is 586 g/mol. The summed E-state index contributed by atoms with van der Waals surface area (Å²) in [6.07, 6.45) is 0. The summed E-state index contributed by atoms with van der Waals surface area (Å²) in [5.41, 5.74) is 6.88. The molecule has 5 aromatic rings. The van der Waals surface area contributed by atoms with Crippen molar-refractivity contribution in [1.82, 2.24) is 9.80 Å². The molecule has 1 aliphatic rings. The smallest absolute Gasteiger partial charge is 0.328 e. The molecule has 44 heavy (non-hydrogen) atoms. The zero-order valence-corrected chi connectivity index (χ0v) is 24.0. The molecule has 1 fully saturated rings. The summed E-state index contributed by atoms with van der Waals surface area (Å²) < 4.78 is 5.51. The molecule has 0 spiro atoms. The summed E-state index contributed by atoms with van der Waals surface area (Å²) in [7, 11) is 0. The molecule has 0 radical (unpaired) electrons. The van der Waals surface area contributed by atoms with Gasteiger partial charge in [-0.3, -0.25) is 14.5 Å². The molecular formula is C35H30N4O5. The molecule has 0 aromatic heterocycles. The third-order valence-electron chi connectivity index (χ3n) is 8.17. The lowest BCUT2D eigenvalue weighted by Gasteiger charge is -2.32. The van der Waals surface area contributed by atoms with E-state index in [0.717, 1.165) is 37.6 Å². The SMILES string of the molecule is C[C@]1(c2ccc(C(N)=NO)cc2)C(=O)N(CC(=O)OCc2ccc3ccccc3c2)C(=O)N1Cc1ccc2ccccc2c1. The molecule has 9 nitrogen and oxygen atoms in total. The standard InChI is InChI=1S/C35H30N4O5/c1-35(30-16-14-27(15-17-30)32(36)37-43)33(41)38(21-31(40)44-22-24-11-13-26-7-3-5-9-29(26)19-24)34(42)39(35)20-23-10-12-25-6-2-4-8-28(25)18-23/h2-19,43H,20-22H2,1H3,(H2,36,37)/t35-/m0/s1. The van der Waals surface area contributed by atoms with Crippen molar-refractivity contribution in [2.75, 3.05) is 6.54 Å². The molecule has 1 heterocycles. The molecule has 6 rings (SSSR count). The third-order valence-corrected chi connectivity index (χ3v) is 8.17. The van der Waals surface area contributed by atoms with Crippen molar-refractivity contribution < 1.29 is 24.3 Å². The van der Waals surface area contributed by atoms with Crippen LogP contribution < -0.4 is 5.73 Å². The number of rotatable bonds is 8. The fraction of sp³-hybridized carbons (Fsp3) is 0.143. The van der Waals surface area contributed by atoms with Gasteiger partial charge in [-0.05, 0) is 57.3 Å². The Bertz CT molecular complexity index is 1940. The summed E-state index contributed by atoms with van der Waals surface area (Å²) in [4.78, 5) is 43.4. The van der Waals surface area contributed by atoms with Crippen LogP contribution in [-0.4, -0.2) is 45.3 Å². The van der Waals surface area contributed by atoms with Crippen LogP contribution in [0.5, 0.6) is 0 Å². The van der Waals surface area contributed by atoms with E-state index in [1.54, 1.807) is 31.2 Å². The predicted molar refractivity (Wildman–Crippen MR) is 167 cm³/mol. The maximum atomic E-state index is 14.0. The number of benzene rings is 5. The first-order valence-corrected chi connectivity index (χ1v) is 14.1. The number of carbonyl (C=O) groups is 3. The minimum absolute atomic E-state index is 0.00720. The number of amides is 3. The van der Waals surface area contributed by atoms with Gasteiger partial charge in [0.2, 0.25) is 0 Å². The molecule has 0 unspecified atom stereocenters. The minimum atomic E-state index is -1.44. The number of nitrogens with zero attached hydrogens (tertiary/aromatic N) is 3. The Morgan fingerprint density at radius 2 is 1.39 bits per heavy atom. The predicted octanol–water partition coefficient (Wildman–Crippen LogP) is 5.51. The number of carbonyl (C=O) groups excluding carboxylic acids is 3. The fourth-order valence-electron chi connectivity index (χ4n) is 5.66. The van der Waals surface area contributed by atoms with Crippen LogP contribution in [0.15, 0.2) is 114 Å². The Morgan fingerprint density at radius 3 is 2.00 bits per heavy atom. The largest absolute Gasteiger partial charge is 0.459 e. The Balaban J connectivity index is 1.27. The van der Waals surface area contributed by atoms with Crippen LogP contribution in [-0.2, 0) is 33.0 Å². The lowest BCUT2D eigenvalue weighted by molar-refractivity contribution is -0.149. The second-order valence-electron chi connectivity index (χ2n) is 10.9. The molecule has 0 bridgehead atoms. The topological polar surface area (TPSA) is 126 Å². The molecule has 9 heteroatoms. The van der Waals surface area contributed by atoms with Gasteiger partial charge >= 0.3 is 12.0 Å². The normalized spacial score (nSPS) is 17.1. The minimum Gasteiger partial charge on any atom is -0.459 e. The van der Waals surface area contributed by atoms with Crippen LogP contribution in [0, 0.1) is 0 Å². The average Bonchev–Trinajstić information content (AvgIpc) is 3.23. The average molecular weight is 587 g/mol. The summed E-state index contributed by atoms with van der Waals surface area (Å²) in [6, 6.07) is 33.3. The summed E-state index contributed by atoms with van der Waals surface area (Å²) in [5, 5.41) is 16.2. The highest BCUT2D eigenvalue weighted by Crippen LogP contribution is 2.39. The molecule has 3 amide bonds. The van der Waals surface area contributed by atoms with E-state index in [-0.39, 0.29) is 19.0 Å². The van der Waals surface area contributed by atoms with Gasteiger partial charge in [0.15, 0.2) is 5.84 Å². The number of imide groups is 1. The van der Waals surface area contributed by atoms with Crippen molar-refractivity contribution >= 4 is 45.3 Å². The van der Waals surface area contributed by atoms with Crippen LogP contribution in [0.25, 0.3) is 21.5 Å². The first-order valence-electron chi connectivity index (χ1n) is 14.1. The van der Waals surface area contributed by atoms with Crippen molar-refractivity contribution in [3.63, 3.8) is 0 Å². The molecule has 0 aliphatic carbocycles. The second-order valence-corrected chi connectivity index (χ2v) is 10.9. The van der Waals surface area contributed by atoms with Crippen LogP contribution in [0.4, 0.5) is 4.79 Å². The van der Waals surface area contributed by atoms with Gasteiger partial charge in [-0.15, -0.1) is 0 Å². The zero-order chi connectivity index (χ0) is 30.8. The summed E-state index contributed by atoms with van der Waals surface area (Å²) >= 11 is 0. The molecule has 5 aromatic carbocycles. The van der Waals surface area contributed by atoms with Gasteiger partial charge in [0, 0.05) is 12.1 Å². The van der Waals surface area contributed by atoms with Crippen LogP contribution in [0.2, 0.25) is 0 Å². The van der Waals surface area contributed by atoms with Gasteiger partial charge in [0.05, 0.1) is 0 Å². The summed E-state index contributed by atoms with van der Waals surface area (Å²) in [6.45, 7) is 1.26. The lowest BCUT2D eigenvalue weighted by Crippen LogP contribution is -2.44. The number of hydrogen-bond donors (Lipinski definition) is 2. The Labute approximate surface area is 253 Å². The highest BCUT2D eigenvalue weighted by Gasteiger charge is 2.55. The first kappa shape index (κ1) is 28.4. The van der Waals surface area contributed by atoms with Gasteiger partial charge in [-0.25, -0.2) is 4.79 Å². The van der Waals surface area contributed by atoms with Crippen molar-refractivity contribution in [3.05, 3.63) is 131 Å². The van der Waals surface area contributed by atoms with Crippen LogP contribution >= 0.6 is 0 Å². The van der Waals surface area contributed by atoms with Crippen molar-refractivity contribution in [2.45, 2.75) is 25.6 Å². The van der Waals surface area contributed by atoms with Crippen molar-refractivity contribution in [2.24, 2.45) is 10.9 Å². The molecular weight excluding hydrogens is 556 g/mol. The van der Waals surface area contributed by atoms with Crippen molar-refractivity contribution in [3.8, 4) is 0 Å². The highest BCUT2D eigenvalue weighted by atomic mass is 16.5. The first-order chi connectivity index (χ1) is 21.3. The molecule has 3 N–H and O–H groups in total. The molecule has 1 atom stereocenters. The van der Waals surface area contributed by atoms with Gasteiger partial charge in [0.25, 0.3) is 5.91 Å². The fourth-order valence-corrected chi connectivity index (χ4v) is 5.66. The number of oxime groups is 1. The van der Waals surface area contributed by atoms with Crippen molar-refractivity contribution in [1.29, 1.82) is 0 Å². The number of amidine groups is 1. The quantitative estimate of drug-likeness (QED) is 0.0617. The lowest BCUT2D eigenvalue weighted by atomic mass is 9.89. The van der Waals surface area contributed by atoms with E-state index in [2.05, 4.69) is 5.16 Å². The molecule has 220 valence electrons. The number of fused-ring (bicyclic) bond motifs is 2. The second kappa shape index (κ2) is 11.5. The maximum Gasteiger partial charge on any atom is 0.328 e. The maximum absolute atomic E-state index is 14.0. The number of ether oxygens (including phenoxy) is 1. The van der Waals surface area contributed by atoms with Crippen LogP contribution in [0.3, 0.4) is 0 Å². The Morgan fingerprint density at radius 1 is 0.818 bits per heavy atom. The van der Waals surface area contributed by atoms with Crippen LogP contribution in [0.1, 0.15) is 29.2 Å². The number of hydrogen-bond acceptors (Lipinski definition) is 6. The van der Waals surface area contributed by atoms with E-state index in [1.807, 2.05) is 84.9 Å². The van der Waals surface area contributed by atoms with Gasteiger partial charge in [-0.1, -0.05) is 102 Å². The van der Waals surface area contributed by atoms with E-state index in [4.69, 9.17) is 15.7 Å². The Hall–Kier alpha value is -5.70. The molecule has 1 saturated heterocycles. The van der Waals surface area contributed by atoms with E-state index in [9.17, 15) is 14.4 Å². The van der Waals surface area contributed by atoms with E-state index in [1.165, 1.54) is 4.90 Å². The summed E-state index contributed by atoms with van der Waals surface area (Å²) in [5.74, 6) is -1.33. The van der Waals surface area contributed by atoms with Gasteiger partial charge in [-0.2, -0.15) is 0 Å². The zero-order valence-electron chi connectivity index (χ0n) is 24.0. The van der Waals surface area contributed by atoms with E-state index >= 15 is 0 Å². The number of esters is 1. The molecule has 1 aliphatic heterocycles. The highest BCUT2D eigenvalue weighted by molar-refractivity contribution is 6.09. The number of urea groups is 1. The van der Waals surface area contributed by atoms with Gasteiger partial charge in [0.1, 0.15) is 18.7 Å². The van der Waals surface area contributed by atoms with E-state index in [0.29, 0.717) is 11.1 Å². The third kappa shape index (κ3) is 5.20. The number of nitrogens with two attached hydrogens (primary N) is 1. The Kier molecular flexibility index (Phi) is 7.45. The van der Waals surface area contributed by atoms with E-state index < -0.39 is 30.0 Å². The van der Waals surface area contributed by atoms with Gasteiger partial charge < -0.3 is 20.6 Å². The molecule has 0 saturated carbocycles.